The van der Waals surface area contributed by atoms with Gasteiger partial charge in [0.15, 0.2) is 0 Å². The van der Waals surface area contributed by atoms with Crippen LogP contribution in [-0.2, 0) is 6.42 Å². The summed E-state index contributed by atoms with van der Waals surface area (Å²) in [7, 11) is 1.83. The van der Waals surface area contributed by atoms with E-state index in [1.165, 1.54) is 6.07 Å². The Labute approximate surface area is 126 Å². The second-order valence-corrected chi connectivity index (χ2v) is 5.17. The first kappa shape index (κ1) is 14.7. The highest BCUT2D eigenvalue weighted by Gasteiger charge is 2.10. The molecular weight excluding hydrogens is 323 g/mol. The van der Waals surface area contributed by atoms with Crippen LogP contribution in [0.5, 0.6) is 0 Å². The van der Waals surface area contributed by atoms with Crippen molar-refractivity contribution < 1.29 is 4.39 Å². The number of aryl methyl sites for hydroxylation is 1. The lowest BCUT2D eigenvalue weighted by Gasteiger charge is -2.13. The van der Waals surface area contributed by atoms with Crippen molar-refractivity contribution >= 4 is 33.3 Å². The molecule has 0 spiro atoms. The number of halogens is 2. The zero-order valence-electron chi connectivity index (χ0n) is 11.6. The summed E-state index contributed by atoms with van der Waals surface area (Å²) in [6, 6.07) is 4.76. The molecular formula is C14H16BrFN4. The van der Waals surface area contributed by atoms with Crippen molar-refractivity contribution in [3.63, 3.8) is 0 Å². The fraction of sp³-hybridized carbons (Fsp3) is 0.286. The molecule has 106 valence electrons. The first-order valence-corrected chi connectivity index (χ1v) is 7.11. The Morgan fingerprint density at radius 2 is 1.95 bits per heavy atom. The quantitative estimate of drug-likeness (QED) is 0.883. The van der Waals surface area contributed by atoms with E-state index < -0.39 is 0 Å². The van der Waals surface area contributed by atoms with Gasteiger partial charge in [-0.2, -0.15) is 0 Å². The Bertz CT molecular complexity index is 631. The summed E-state index contributed by atoms with van der Waals surface area (Å²) < 4.78 is 13.7. The summed E-state index contributed by atoms with van der Waals surface area (Å²) >= 11 is 3.17. The van der Waals surface area contributed by atoms with Gasteiger partial charge in [0.25, 0.3) is 0 Å². The molecule has 4 nitrogen and oxygen atoms in total. The SMILES string of the molecule is CCc1nc(NC)c(C)c(Nc2ccc(F)c(Br)c2)n1. The van der Waals surface area contributed by atoms with Gasteiger partial charge in [-0.25, -0.2) is 14.4 Å². The van der Waals surface area contributed by atoms with E-state index in [1.54, 1.807) is 12.1 Å². The van der Waals surface area contributed by atoms with Gasteiger partial charge in [0.1, 0.15) is 23.3 Å². The van der Waals surface area contributed by atoms with Crippen LogP contribution in [0.3, 0.4) is 0 Å². The molecule has 0 saturated carbocycles. The average molecular weight is 339 g/mol. The highest BCUT2D eigenvalue weighted by atomic mass is 79.9. The largest absolute Gasteiger partial charge is 0.373 e. The molecule has 2 rings (SSSR count). The van der Waals surface area contributed by atoms with Crippen molar-refractivity contribution in [3.8, 4) is 0 Å². The molecule has 2 N–H and O–H groups in total. The molecule has 0 bridgehead atoms. The fourth-order valence-electron chi connectivity index (χ4n) is 1.80. The van der Waals surface area contributed by atoms with Gasteiger partial charge in [-0.3, -0.25) is 0 Å². The summed E-state index contributed by atoms with van der Waals surface area (Å²) in [5, 5.41) is 6.26. The molecule has 0 aliphatic heterocycles. The second-order valence-electron chi connectivity index (χ2n) is 4.32. The molecule has 2 aromatic rings. The lowest BCUT2D eigenvalue weighted by molar-refractivity contribution is 0.621. The highest BCUT2D eigenvalue weighted by molar-refractivity contribution is 9.10. The topological polar surface area (TPSA) is 49.8 Å². The van der Waals surface area contributed by atoms with E-state index in [4.69, 9.17) is 0 Å². The van der Waals surface area contributed by atoms with E-state index in [0.29, 0.717) is 4.47 Å². The number of aromatic nitrogens is 2. The molecule has 0 radical (unpaired) electrons. The average Bonchev–Trinajstić information content (AvgIpc) is 2.45. The molecule has 0 aliphatic carbocycles. The third kappa shape index (κ3) is 3.07. The Kier molecular flexibility index (Phi) is 4.54. The molecule has 0 aliphatic rings. The number of nitrogens with one attached hydrogen (secondary N) is 2. The monoisotopic (exact) mass is 338 g/mol. The van der Waals surface area contributed by atoms with Crippen molar-refractivity contribution in [2.75, 3.05) is 17.7 Å². The van der Waals surface area contributed by atoms with E-state index in [9.17, 15) is 4.39 Å². The number of rotatable bonds is 4. The molecule has 0 atom stereocenters. The summed E-state index contributed by atoms with van der Waals surface area (Å²) in [4.78, 5) is 8.89. The van der Waals surface area contributed by atoms with Crippen molar-refractivity contribution in [2.24, 2.45) is 0 Å². The molecule has 0 unspecified atom stereocenters. The smallest absolute Gasteiger partial charge is 0.139 e. The van der Waals surface area contributed by atoms with E-state index in [2.05, 4.69) is 36.5 Å². The summed E-state index contributed by atoms with van der Waals surface area (Å²) in [5.74, 6) is 1.98. The normalized spacial score (nSPS) is 10.4. The van der Waals surface area contributed by atoms with E-state index in [1.807, 2.05) is 20.9 Å². The minimum absolute atomic E-state index is 0.292. The van der Waals surface area contributed by atoms with Crippen LogP contribution in [0.2, 0.25) is 0 Å². The van der Waals surface area contributed by atoms with Gasteiger partial charge in [-0.15, -0.1) is 0 Å². The number of hydrogen-bond donors (Lipinski definition) is 2. The van der Waals surface area contributed by atoms with Crippen LogP contribution in [0, 0.1) is 12.7 Å². The van der Waals surface area contributed by atoms with Crippen LogP contribution < -0.4 is 10.6 Å². The van der Waals surface area contributed by atoms with E-state index in [-0.39, 0.29) is 5.82 Å². The zero-order valence-corrected chi connectivity index (χ0v) is 13.2. The van der Waals surface area contributed by atoms with Gasteiger partial charge >= 0.3 is 0 Å². The Hall–Kier alpha value is -1.69. The molecule has 0 fully saturated rings. The summed E-state index contributed by atoms with van der Waals surface area (Å²) in [5.41, 5.74) is 1.69. The standard InChI is InChI=1S/C14H16BrFN4/c1-4-12-19-13(17-3)8(2)14(20-12)18-9-5-6-11(16)10(15)7-9/h5-7H,4H2,1-3H3,(H2,17,18,19,20). The fourth-order valence-corrected chi connectivity index (χ4v) is 2.18. The van der Waals surface area contributed by atoms with Crippen molar-refractivity contribution in [2.45, 2.75) is 20.3 Å². The molecule has 0 amide bonds. The van der Waals surface area contributed by atoms with E-state index in [0.717, 1.165) is 35.1 Å². The van der Waals surface area contributed by atoms with Gasteiger partial charge < -0.3 is 10.6 Å². The third-order valence-corrected chi connectivity index (χ3v) is 3.54. The molecule has 1 aromatic carbocycles. The van der Waals surface area contributed by atoms with E-state index >= 15 is 0 Å². The minimum Gasteiger partial charge on any atom is -0.373 e. The maximum Gasteiger partial charge on any atom is 0.139 e. The first-order chi connectivity index (χ1) is 9.55. The maximum absolute atomic E-state index is 13.2. The predicted molar refractivity (Wildman–Crippen MR) is 83.1 cm³/mol. The molecule has 20 heavy (non-hydrogen) atoms. The molecule has 0 saturated heterocycles. The number of anilines is 3. The van der Waals surface area contributed by atoms with Gasteiger partial charge in [-0.05, 0) is 41.1 Å². The maximum atomic E-state index is 13.2. The lowest BCUT2D eigenvalue weighted by Crippen LogP contribution is -2.06. The Morgan fingerprint density at radius 3 is 2.55 bits per heavy atom. The highest BCUT2D eigenvalue weighted by Crippen LogP contribution is 2.26. The van der Waals surface area contributed by atoms with Crippen LogP contribution in [0.25, 0.3) is 0 Å². The van der Waals surface area contributed by atoms with Gasteiger partial charge in [0.05, 0.1) is 4.47 Å². The third-order valence-electron chi connectivity index (χ3n) is 2.93. The van der Waals surface area contributed by atoms with Crippen molar-refractivity contribution in [1.82, 2.24) is 9.97 Å². The van der Waals surface area contributed by atoms with Crippen LogP contribution >= 0.6 is 15.9 Å². The summed E-state index contributed by atoms with van der Waals surface area (Å²) in [6.07, 6.45) is 0.747. The van der Waals surface area contributed by atoms with Gasteiger partial charge in [-0.1, -0.05) is 6.92 Å². The Balaban J connectivity index is 2.39. The number of hydrogen-bond acceptors (Lipinski definition) is 4. The first-order valence-electron chi connectivity index (χ1n) is 6.32. The van der Waals surface area contributed by atoms with Crippen LogP contribution in [0.4, 0.5) is 21.7 Å². The summed E-state index contributed by atoms with van der Waals surface area (Å²) in [6.45, 7) is 3.94. The molecule has 1 aromatic heterocycles. The van der Waals surface area contributed by atoms with Crippen LogP contribution in [0.15, 0.2) is 22.7 Å². The van der Waals surface area contributed by atoms with Crippen LogP contribution in [0.1, 0.15) is 18.3 Å². The lowest BCUT2D eigenvalue weighted by atomic mass is 10.2. The Morgan fingerprint density at radius 1 is 1.25 bits per heavy atom. The van der Waals surface area contributed by atoms with Gasteiger partial charge in [0, 0.05) is 24.7 Å². The van der Waals surface area contributed by atoms with Gasteiger partial charge in [0.2, 0.25) is 0 Å². The second kappa shape index (κ2) is 6.17. The molecule has 1 heterocycles. The number of nitrogens with zero attached hydrogens (tertiary/aromatic N) is 2. The number of benzene rings is 1. The van der Waals surface area contributed by atoms with Crippen molar-refractivity contribution in [1.29, 1.82) is 0 Å². The minimum atomic E-state index is -0.292. The van der Waals surface area contributed by atoms with Crippen LogP contribution in [-0.4, -0.2) is 17.0 Å². The molecule has 6 heteroatoms. The predicted octanol–water partition coefficient (Wildman–Crippen LogP) is 4.03. The van der Waals surface area contributed by atoms with Crippen molar-refractivity contribution in [3.05, 3.63) is 39.9 Å². The zero-order chi connectivity index (χ0) is 14.7.